The molecule has 5 nitrogen and oxygen atoms in total. The molecular formula is C6H9N5S2. The third kappa shape index (κ3) is 1.54. The number of nitrogens with two attached hydrogens (primary N) is 2. The van der Waals surface area contributed by atoms with E-state index < -0.39 is 5.66 Å². The summed E-state index contributed by atoms with van der Waals surface area (Å²) >= 11 is 2.91. The second-order valence-electron chi connectivity index (χ2n) is 2.79. The molecule has 0 fully saturated rings. The minimum absolute atomic E-state index is 0.523. The van der Waals surface area contributed by atoms with Crippen LogP contribution < -0.4 is 11.5 Å². The lowest BCUT2D eigenvalue weighted by molar-refractivity contribution is 0.534. The summed E-state index contributed by atoms with van der Waals surface area (Å²) in [4.78, 5) is 4.15. The summed E-state index contributed by atoms with van der Waals surface area (Å²) < 4.78 is 0. The van der Waals surface area contributed by atoms with Crippen LogP contribution in [0.15, 0.2) is 4.99 Å². The van der Waals surface area contributed by atoms with Crippen LogP contribution in [0, 0.1) is 6.92 Å². The topological polar surface area (TPSA) is 90.2 Å². The van der Waals surface area contributed by atoms with Crippen molar-refractivity contribution in [2.24, 2.45) is 16.5 Å². The fraction of sp³-hybridized carbons (Fsp3) is 0.500. The Bertz CT molecular complexity index is 360. The number of aryl methyl sites for hydroxylation is 1. The molecule has 1 unspecified atom stereocenters. The molecule has 13 heavy (non-hydrogen) atoms. The second-order valence-corrected chi connectivity index (χ2v) is 4.97. The smallest absolute Gasteiger partial charge is 0.174 e. The lowest BCUT2D eigenvalue weighted by Crippen LogP contribution is -2.35. The highest BCUT2D eigenvalue weighted by molar-refractivity contribution is 8.14. The Hall–Kier alpha value is -0.660. The molecule has 7 heteroatoms. The third-order valence-corrected chi connectivity index (χ3v) is 3.62. The van der Waals surface area contributed by atoms with Gasteiger partial charge in [0.15, 0.2) is 15.8 Å². The molecule has 0 saturated carbocycles. The van der Waals surface area contributed by atoms with Gasteiger partial charge in [-0.25, -0.2) is 4.99 Å². The zero-order valence-electron chi connectivity index (χ0n) is 7.02. The standard InChI is InChI=1S/C6H9N5S2/c1-3-10-11-4(13-3)6(8)2-12-5(7)9-6/h2,8H2,1H3,(H2,7,9). The van der Waals surface area contributed by atoms with Crippen LogP contribution in [0.2, 0.25) is 0 Å². The van der Waals surface area contributed by atoms with E-state index in [0.29, 0.717) is 10.9 Å². The minimum atomic E-state index is -0.749. The first-order valence-electron chi connectivity index (χ1n) is 3.68. The molecule has 70 valence electrons. The summed E-state index contributed by atoms with van der Waals surface area (Å²) in [5.74, 6) is 0.646. The number of nitrogens with zero attached hydrogens (tertiary/aromatic N) is 3. The quantitative estimate of drug-likeness (QED) is 0.689. The Labute approximate surface area is 83.6 Å². The van der Waals surface area contributed by atoms with Crippen LogP contribution in [-0.2, 0) is 5.66 Å². The van der Waals surface area contributed by atoms with Gasteiger partial charge in [-0.05, 0) is 6.92 Å². The van der Waals surface area contributed by atoms with Crippen LogP contribution in [0.25, 0.3) is 0 Å². The molecule has 0 spiro atoms. The van der Waals surface area contributed by atoms with E-state index in [1.807, 2.05) is 6.92 Å². The van der Waals surface area contributed by atoms with Gasteiger partial charge in [0.05, 0.1) is 0 Å². The van der Waals surface area contributed by atoms with Crippen molar-refractivity contribution in [1.29, 1.82) is 0 Å². The van der Waals surface area contributed by atoms with Crippen molar-refractivity contribution in [2.75, 3.05) is 5.75 Å². The summed E-state index contributed by atoms with van der Waals surface area (Å²) in [5, 5.41) is 10.0. The highest BCUT2D eigenvalue weighted by Gasteiger charge is 2.35. The van der Waals surface area contributed by atoms with Crippen molar-refractivity contribution in [3.8, 4) is 0 Å². The molecule has 1 aliphatic heterocycles. The lowest BCUT2D eigenvalue weighted by Gasteiger charge is -2.14. The number of amidine groups is 1. The maximum atomic E-state index is 6.00. The molecule has 1 aromatic rings. The van der Waals surface area contributed by atoms with E-state index in [1.54, 1.807) is 0 Å². The Morgan fingerprint density at radius 1 is 1.46 bits per heavy atom. The lowest BCUT2D eigenvalue weighted by atomic mass is 10.2. The fourth-order valence-electron chi connectivity index (χ4n) is 1.03. The predicted molar refractivity (Wildman–Crippen MR) is 54.6 cm³/mol. The van der Waals surface area contributed by atoms with E-state index in [1.165, 1.54) is 23.1 Å². The molecule has 2 heterocycles. The number of hydrogen-bond acceptors (Lipinski definition) is 7. The maximum Gasteiger partial charge on any atom is 0.174 e. The predicted octanol–water partition coefficient (Wildman–Crippen LogP) is 0.0195. The zero-order valence-corrected chi connectivity index (χ0v) is 8.65. The first kappa shape index (κ1) is 8.92. The Morgan fingerprint density at radius 2 is 2.23 bits per heavy atom. The molecular weight excluding hydrogens is 206 g/mol. The third-order valence-electron chi connectivity index (χ3n) is 1.65. The fourth-order valence-corrected chi connectivity index (χ4v) is 2.65. The van der Waals surface area contributed by atoms with Crippen LogP contribution in [-0.4, -0.2) is 21.1 Å². The van der Waals surface area contributed by atoms with Gasteiger partial charge in [0.2, 0.25) is 0 Å². The summed E-state index contributed by atoms with van der Waals surface area (Å²) in [5.41, 5.74) is 10.8. The van der Waals surface area contributed by atoms with Crippen molar-refractivity contribution < 1.29 is 0 Å². The van der Waals surface area contributed by atoms with Gasteiger partial charge in [-0.1, -0.05) is 23.1 Å². The van der Waals surface area contributed by atoms with Crippen molar-refractivity contribution in [2.45, 2.75) is 12.6 Å². The molecule has 1 aliphatic rings. The van der Waals surface area contributed by atoms with Gasteiger partial charge in [0, 0.05) is 5.75 Å². The average Bonchev–Trinajstić information content (AvgIpc) is 2.60. The Morgan fingerprint density at radius 3 is 2.69 bits per heavy atom. The van der Waals surface area contributed by atoms with E-state index in [2.05, 4.69) is 15.2 Å². The van der Waals surface area contributed by atoms with Gasteiger partial charge in [-0.15, -0.1) is 10.2 Å². The first-order valence-corrected chi connectivity index (χ1v) is 5.48. The van der Waals surface area contributed by atoms with Gasteiger partial charge < -0.3 is 11.5 Å². The van der Waals surface area contributed by atoms with E-state index in [4.69, 9.17) is 11.5 Å². The number of aromatic nitrogens is 2. The van der Waals surface area contributed by atoms with Gasteiger partial charge in [-0.2, -0.15) is 0 Å². The summed E-state index contributed by atoms with van der Waals surface area (Å²) in [6.45, 7) is 1.89. The molecule has 0 bridgehead atoms. The summed E-state index contributed by atoms with van der Waals surface area (Å²) in [7, 11) is 0. The first-order chi connectivity index (χ1) is 6.10. The molecule has 1 atom stereocenters. The molecule has 2 rings (SSSR count). The SMILES string of the molecule is Cc1nnc(C2(N)CSC(N)=N2)s1. The highest BCUT2D eigenvalue weighted by atomic mass is 32.2. The zero-order chi connectivity index (χ0) is 9.47. The van der Waals surface area contributed by atoms with Crippen molar-refractivity contribution >= 4 is 28.3 Å². The minimum Gasteiger partial charge on any atom is -0.378 e. The normalized spacial score (nSPS) is 27.7. The monoisotopic (exact) mass is 215 g/mol. The van der Waals surface area contributed by atoms with E-state index in [-0.39, 0.29) is 0 Å². The van der Waals surface area contributed by atoms with Crippen LogP contribution in [0.3, 0.4) is 0 Å². The largest absolute Gasteiger partial charge is 0.378 e. The Kier molecular flexibility index (Phi) is 2.01. The van der Waals surface area contributed by atoms with Crippen LogP contribution >= 0.6 is 23.1 Å². The van der Waals surface area contributed by atoms with Crippen LogP contribution in [0.4, 0.5) is 0 Å². The highest BCUT2D eigenvalue weighted by Crippen LogP contribution is 2.32. The average molecular weight is 215 g/mol. The number of thioether (sulfide) groups is 1. The van der Waals surface area contributed by atoms with E-state index >= 15 is 0 Å². The summed E-state index contributed by atoms with van der Waals surface area (Å²) in [6, 6.07) is 0. The van der Waals surface area contributed by atoms with Gasteiger partial charge >= 0.3 is 0 Å². The molecule has 1 aromatic heterocycles. The van der Waals surface area contributed by atoms with E-state index in [0.717, 1.165) is 10.0 Å². The summed E-state index contributed by atoms with van der Waals surface area (Å²) in [6.07, 6.45) is 0. The van der Waals surface area contributed by atoms with Gasteiger partial charge in [-0.3, -0.25) is 0 Å². The van der Waals surface area contributed by atoms with Crippen molar-refractivity contribution in [3.05, 3.63) is 10.0 Å². The van der Waals surface area contributed by atoms with Gasteiger partial charge in [0.25, 0.3) is 0 Å². The second kappa shape index (κ2) is 2.93. The van der Waals surface area contributed by atoms with E-state index in [9.17, 15) is 0 Å². The number of aliphatic imine (C=N–C) groups is 1. The number of rotatable bonds is 1. The molecule has 0 amide bonds. The molecule has 0 aromatic carbocycles. The van der Waals surface area contributed by atoms with Crippen LogP contribution in [0.1, 0.15) is 10.0 Å². The molecule has 4 N–H and O–H groups in total. The van der Waals surface area contributed by atoms with Crippen molar-refractivity contribution in [1.82, 2.24) is 10.2 Å². The van der Waals surface area contributed by atoms with Crippen molar-refractivity contribution in [3.63, 3.8) is 0 Å². The number of hydrogen-bond donors (Lipinski definition) is 2. The van der Waals surface area contributed by atoms with Crippen LogP contribution in [0.5, 0.6) is 0 Å². The van der Waals surface area contributed by atoms with Gasteiger partial charge in [0.1, 0.15) is 5.01 Å². The molecule has 0 saturated heterocycles. The Balaban J connectivity index is 2.36. The molecule has 0 aliphatic carbocycles. The molecule has 0 radical (unpaired) electrons. The maximum absolute atomic E-state index is 6.00.